The smallest absolute Gasteiger partial charge is 0.328 e. The third-order valence-electron chi connectivity index (χ3n) is 3.55. The molecule has 1 aromatic rings. The summed E-state index contributed by atoms with van der Waals surface area (Å²) < 4.78 is 1.61. The van der Waals surface area contributed by atoms with Gasteiger partial charge in [-0.3, -0.25) is 0 Å². The maximum absolute atomic E-state index is 11.1. The lowest BCUT2D eigenvalue weighted by atomic mass is 10.1. The SMILES string of the molecule is O=C(O)C1CCCc2nc(C3CCCN3)nn21. The summed E-state index contributed by atoms with van der Waals surface area (Å²) in [5.74, 6) is 0.791. The van der Waals surface area contributed by atoms with Crippen molar-refractivity contribution < 1.29 is 9.90 Å². The number of nitrogens with zero attached hydrogens (tertiary/aromatic N) is 3. The quantitative estimate of drug-likeness (QED) is 0.788. The van der Waals surface area contributed by atoms with Crippen LogP contribution in [0, 0.1) is 0 Å². The fourth-order valence-electron chi connectivity index (χ4n) is 2.65. The van der Waals surface area contributed by atoms with Crippen LogP contribution in [0.4, 0.5) is 0 Å². The Morgan fingerprint density at radius 1 is 1.41 bits per heavy atom. The lowest BCUT2D eigenvalue weighted by Crippen LogP contribution is -2.26. The van der Waals surface area contributed by atoms with Gasteiger partial charge < -0.3 is 10.4 Å². The van der Waals surface area contributed by atoms with Gasteiger partial charge in [-0.2, -0.15) is 5.10 Å². The molecule has 0 saturated carbocycles. The van der Waals surface area contributed by atoms with E-state index in [2.05, 4.69) is 15.4 Å². The fraction of sp³-hybridized carbons (Fsp3) is 0.727. The zero-order valence-corrected chi connectivity index (χ0v) is 9.59. The molecule has 2 aliphatic rings. The number of hydrogen-bond donors (Lipinski definition) is 2. The van der Waals surface area contributed by atoms with Crippen LogP contribution in [-0.4, -0.2) is 32.4 Å². The summed E-state index contributed by atoms with van der Waals surface area (Å²) in [5.41, 5.74) is 0. The molecule has 2 atom stereocenters. The number of carboxylic acids is 1. The molecule has 0 aliphatic carbocycles. The largest absolute Gasteiger partial charge is 0.480 e. The predicted octanol–water partition coefficient (Wildman–Crippen LogP) is 0.665. The van der Waals surface area contributed by atoms with Gasteiger partial charge in [-0.15, -0.1) is 0 Å². The molecule has 2 aliphatic heterocycles. The first-order valence-corrected chi connectivity index (χ1v) is 6.17. The molecule has 17 heavy (non-hydrogen) atoms. The molecular weight excluding hydrogens is 220 g/mol. The van der Waals surface area contributed by atoms with Gasteiger partial charge in [-0.1, -0.05) is 0 Å². The molecule has 3 rings (SSSR count). The summed E-state index contributed by atoms with van der Waals surface area (Å²) in [4.78, 5) is 15.6. The van der Waals surface area contributed by atoms with Crippen LogP contribution in [0.2, 0.25) is 0 Å². The van der Waals surface area contributed by atoms with Gasteiger partial charge in [-0.25, -0.2) is 14.5 Å². The molecule has 92 valence electrons. The van der Waals surface area contributed by atoms with Crippen LogP contribution in [0.5, 0.6) is 0 Å². The number of carbonyl (C=O) groups is 1. The molecule has 0 bridgehead atoms. The van der Waals surface area contributed by atoms with Gasteiger partial charge in [0.25, 0.3) is 0 Å². The van der Waals surface area contributed by atoms with E-state index in [1.54, 1.807) is 4.68 Å². The summed E-state index contributed by atoms with van der Waals surface area (Å²) >= 11 is 0. The summed E-state index contributed by atoms with van der Waals surface area (Å²) in [6.07, 6.45) is 4.55. The van der Waals surface area contributed by atoms with E-state index in [4.69, 9.17) is 5.11 Å². The molecule has 0 spiro atoms. The van der Waals surface area contributed by atoms with Crippen molar-refractivity contribution in [2.75, 3.05) is 6.54 Å². The normalized spacial score (nSPS) is 28.0. The van der Waals surface area contributed by atoms with Gasteiger partial charge in [-0.05, 0) is 32.2 Å². The van der Waals surface area contributed by atoms with Crippen molar-refractivity contribution in [1.29, 1.82) is 0 Å². The minimum atomic E-state index is -0.804. The molecule has 0 aromatic carbocycles. The first-order valence-electron chi connectivity index (χ1n) is 6.17. The number of aryl methyl sites for hydroxylation is 1. The van der Waals surface area contributed by atoms with E-state index in [1.165, 1.54) is 0 Å². The number of carboxylic acid groups (broad SMARTS) is 1. The molecule has 2 unspecified atom stereocenters. The lowest BCUT2D eigenvalue weighted by Gasteiger charge is -2.19. The van der Waals surface area contributed by atoms with Crippen LogP contribution in [0.3, 0.4) is 0 Å². The summed E-state index contributed by atoms with van der Waals surface area (Å²) in [6.45, 7) is 0.997. The Morgan fingerprint density at radius 3 is 3.00 bits per heavy atom. The summed E-state index contributed by atoms with van der Waals surface area (Å²) in [7, 11) is 0. The van der Waals surface area contributed by atoms with E-state index in [0.29, 0.717) is 6.42 Å². The minimum absolute atomic E-state index is 0.211. The zero-order chi connectivity index (χ0) is 11.8. The standard InChI is InChI=1S/C11H16N4O2/c16-11(17)8-4-1-5-9-13-10(14-15(8)9)7-3-2-6-12-7/h7-8,12H,1-6H2,(H,16,17). The first kappa shape index (κ1) is 10.7. The first-order chi connectivity index (χ1) is 8.25. The predicted molar refractivity (Wildman–Crippen MR) is 59.6 cm³/mol. The highest BCUT2D eigenvalue weighted by Gasteiger charge is 2.30. The van der Waals surface area contributed by atoms with E-state index < -0.39 is 12.0 Å². The molecular formula is C11H16N4O2. The number of hydrogen-bond acceptors (Lipinski definition) is 4. The average molecular weight is 236 g/mol. The van der Waals surface area contributed by atoms with Crippen molar-refractivity contribution in [2.45, 2.75) is 44.2 Å². The second-order valence-corrected chi connectivity index (χ2v) is 4.73. The topological polar surface area (TPSA) is 80.0 Å². The fourth-order valence-corrected chi connectivity index (χ4v) is 2.65. The van der Waals surface area contributed by atoms with Crippen molar-refractivity contribution in [2.24, 2.45) is 0 Å². The second kappa shape index (κ2) is 4.10. The third kappa shape index (κ3) is 1.82. The van der Waals surface area contributed by atoms with Crippen molar-refractivity contribution in [3.8, 4) is 0 Å². The van der Waals surface area contributed by atoms with Gasteiger partial charge >= 0.3 is 5.97 Å². The Kier molecular flexibility index (Phi) is 2.58. The number of rotatable bonds is 2. The van der Waals surface area contributed by atoms with Crippen LogP contribution in [0.25, 0.3) is 0 Å². The van der Waals surface area contributed by atoms with Crippen LogP contribution in [0.15, 0.2) is 0 Å². The zero-order valence-electron chi connectivity index (χ0n) is 9.59. The van der Waals surface area contributed by atoms with Gasteiger partial charge in [0.05, 0.1) is 6.04 Å². The van der Waals surface area contributed by atoms with Crippen LogP contribution in [-0.2, 0) is 11.2 Å². The van der Waals surface area contributed by atoms with E-state index >= 15 is 0 Å². The monoisotopic (exact) mass is 236 g/mol. The molecule has 3 heterocycles. The molecule has 0 radical (unpaired) electrons. The van der Waals surface area contributed by atoms with Crippen molar-refractivity contribution in [3.63, 3.8) is 0 Å². The Balaban J connectivity index is 1.92. The van der Waals surface area contributed by atoms with Crippen LogP contribution in [0.1, 0.15) is 49.4 Å². The average Bonchev–Trinajstić information content (AvgIpc) is 2.96. The summed E-state index contributed by atoms with van der Waals surface area (Å²) in [6, 6.07) is -0.316. The van der Waals surface area contributed by atoms with E-state index in [9.17, 15) is 4.79 Å². The molecule has 6 nitrogen and oxygen atoms in total. The van der Waals surface area contributed by atoms with Gasteiger partial charge in [0, 0.05) is 6.42 Å². The van der Waals surface area contributed by atoms with Crippen molar-refractivity contribution in [1.82, 2.24) is 20.1 Å². The van der Waals surface area contributed by atoms with Gasteiger partial charge in [0.1, 0.15) is 5.82 Å². The number of fused-ring (bicyclic) bond motifs is 1. The Bertz CT molecular complexity index is 437. The molecule has 2 N–H and O–H groups in total. The van der Waals surface area contributed by atoms with Gasteiger partial charge in [0.15, 0.2) is 11.9 Å². The highest BCUT2D eigenvalue weighted by atomic mass is 16.4. The highest BCUT2D eigenvalue weighted by Crippen LogP contribution is 2.26. The molecule has 0 amide bonds. The van der Waals surface area contributed by atoms with Crippen molar-refractivity contribution in [3.05, 3.63) is 11.6 Å². The Labute approximate surface area is 99.0 Å². The lowest BCUT2D eigenvalue weighted by molar-refractivity contribution is -0.141. The van der Waals surface area contributed by atoms with Crippen LogP contribution >= 0.6 is 0 Å². The maximum atomic E-state index is 11.1. The number of nitrogens with one attached hydrogen (secondary N) is 1. The van der Waals surface area contributed by atoms with E-state index in [-0.39, 0.29) is 6.04 Å². The maximum Gasteiger partial charge on any atom is 0.328 e. The molecule has 1 aromatic heterocycles. The Hall–Kier alpha value is -1.43. The number of aromatic nitrogens is 3. The number of aliphatic carboxylic acids is 1. The van der Waals surface area contributed by atoms with Crippen LogP contribution < -0.4 is 5.32 Å². The summed E-state index contributed by atoms with van der Waals surface area (Å²) in [5, 5.41) is 16.9. The molecule has 1 fully saturated rings. The molecule has 1 saturated heterocycles. The Morgan fingerprint density at radius 2 is 2.29 bits per heavy atom. The van der Waals surface area contributed by atoms with E-state index in [0.717, 1.165) is 43.9 Å². The highest BCUT2D eigenvalue weighted by molar-refractivity contribution is 5.71. The third-order valence-corrected chi connectivity index (χ3v) is 3.55. The second-order valence-electron chi connectivity index (χ2n) is 4.73. The van der Waals surface area contributed by atoms with Gasteiger partial charge in [0.2, 0.25) is 0 Å². The minimum Gasteiger partial charge on any atom is -0.480 e. The van der Waals surface area contributed by atoms with E-state index in [1.807, 2.05) is 0 Å². The molecule has 6 heteroatoms. The van der Waals surface area contributed by atoms with Crippen molar-refractivity contribution >= 4 is 5.97 Å².